The lowest BCUT2D eigenvalue weighted by Crippen LogP contribution is -2.38. The number of benzene rings is 2. The van der Waals surface area contributed by atoms with E-state index in [4.69, 9.17) is 4.98 Å². The quantitative estimate of drug-likeness (QED) is 0.672. The van der Waals surface area contributed by atoms with Gasteiger partial charge in [0.1, 0.15) is 5.82 Å². The Hall–Kier alpha value is -2.92. The van der Waals surface area contributed by atoms with Crippen molar-refractivity contribution in [3.63, 3.8) is 0 Å². The Balaban J connectivity index is 1.34. The first-order valence-corrected chi connectivity index (χ1v) is 11.4. The number of nitrogens with one attached hydrogen (secondary N) is 1. The summed E-state index contributed by atoms with van der Waals surface area (Å²) in [4.78, 5) is 23.0. The molecule has 0 spiro atoms. The van der Waals surface area contributed by atoms with Crippen LogP contribution < -0.4 is 10.2 Å². The van der Waals surface area contributed by atoms with Gasteiger partial charge in [-0.15, -0.1) is 0 Å². The molecule has 3 heterocycles. The highest BCUT2D eigenvalue weighted by atomic mass is 16.1. The molecule has 160 valence electrons. The predicted molar refractivity (Wildman–Crippen MR) is 125 cm³/mol. The molecule has 1 N–H and O–H groups in total. The molecule has 3 aromatic rings. The summed E-state index contributed by atoms with van der Waals surface area (Å²) >= 11 is 0. The predicted octanol–water partition coefficient (Wildman–Crippen LogP) is 4.40. The van der Waals surface area contributed by atoms with Gasteiger partial charge in [-0.25, -0.2) is 4.98 Å². The third-order valence-corrected chi connectivity index (χ3v) is 6.74. The van der Waals surface area contributed by atoms with Crippen LogP contribution in [0, 0.1) is 0 Å². The smallest absolute Gasteiger partial charge is 0.255 e. The topological polar surface area (TPSA) is 48.5 Å². The third-order valence-electron chi connectivity index (χ3n) is 6.74. The van der Waals surface area contributed by atoms with Crippen molar-refractivity contribution in [1.82, 2.24) is 15.2 Å². The Morgan fingerprint density at radius 1 is 1.03 bits per heavy atom. The maximum absolute atomic E-state index is 13.4. The lowest BCUT2D eigenvalue weighted by atomic mass is 10.1. The number of hydrogen-bond donors (Lipinski definition) is 1. The summed E-state index contributed by atoms with van der Waals surface area (Å²) in [5.41, 5.74) is 2.98. The van der Waals surface area contributed by atoms with E-state index in [2.05, 4.69) is 52.4 Å². The third kappa shape index (κ3) is 4.15. The first kappa shape index (κ1) is 20.0. The fourth-order valence-corrected chi connectivity index (χ4v) is 4.91. The van der Waals surface area contributed by atoms with Crippen molar-refractivity contribution in [3.05, 3.63) is 71.8 Å². The summed E-state index contributed by atoms with van der Waals surface area (Å²) in [5.74, 6) is 0.834. The van der Waals surface area contributed by atoms with Gasteiger partial charge in [0.2, 0.25) is 0 Å². The minimum Gasteiger partial charge on any atom is -0.356 e. The number of aromatic nitrogens is 1. The standard InChI is InChI=1S/C26H30N4O/c1-19(20-9-3-2-4-10-20)30-16-13-22(18-30)27-26(31)23-17-21-11-5-6-12-24(21)28-25(23)29-14-7-8-15-29/h2-6,9-12,17,19,22H,7-8,13-16,18H2,1H3,(H,27,31). The van der Waals surface area contributed by atoms with E-state index < -0.39 is 0 Å². The molecule has 1 amide bonds. The zero-order valence-corrected chi connectivity index (χ0v) is 18.1. The Morgan fingerprint density at radius 3 is 2.58 bits per heavy atom. The molecule has 2 aromatic carbocycles. The molecule has 0 aliphatic carbocycles. The number of carbonyl (C=O) groups excluding carboxylic acids is 1. The van der Waals surface area contributed by atoms with Gasteiger partial charge in [-0.2, -0.15) is 0 Å². The van der Waals surface area contributed by atoms with Crippen LogP contribution in [0.2, 0.25) is 0 Å². The normalized spacial score (nSPS) is 20.3. The van der Waals surface area contributed by atoms with E-state index in [-0.39, 0.29) is 11.9 Å². The minimum atomic E-state index is -0.000586. The number of amides is 1. The molecule has 0 radical (unpaired) electrons. The molecule has 5 heteroatoms. The fourth-order valence-electron chi connectivity index (χ4n) is 4.91. The van der Waals surface area contributed by atoms with E-state index in [0.717, 1.165) is 62.2 Å². The van der Waals surface area contributed by atoms with Crippen molar-refractivity contribution in [2.45, 2.75) is 38.3 Å². The lowest BCUT2D eigenvalue weighted by Gasteiger charge is -2.25. The molecular formula is C26H30N4O. The molecule has 2 atom stereocenters. The highest BCUT2D eigenvalue weighted by Gasteiger charge is 2.29. The maximum atomic E-state index is 13.4. The fraction of sp³-hybridized carbons (Fsp3) is 0.385. The molecule has 1 aromatic heterocycles. The van der Waals surface area contributed by atoms with Crippen LogP contribution in [-0.2, 0) is 0 Å². The van der Waals surface area contributed by atoms with Gasteiger partial charge in [0.25, 0.3) is 5.91 Å². The summed E-state index contributed by atoms with van der Waals surface area (Å²) in [6.07, 6.45) is 3.29. The molecule has 2 saturated heterocycles. The second-order valence-corrected chi connectivity index (χ2v) is 8.79. The molecule has 2 aliphatic rings. The Kier molecular flexibility index (Phi) is 5.60. The van der Waals surface area contributed by atoms with Crippen LogP contribution in [0.1, 0.15) is 48.1 Å². The number of para-hydroxylation sites is 1. The van der Waals surface area contributed by atoms with E-state index in [1.807, 2.05) is 30.3 Å². The monoisotopic (exact) mass is 414 g/mol. The van der Waals surface area contributed by atoms with E-state index in [0.29, 0.717) is 11.6 Å². The number of carbonyl (C=O) groups is 1. The van der Waals surface area contributed by atoms with Crippen molar-refractivity contribution in [1.29, 1.82) is 0 Å². The van der Waals surface area contributed by atoms with Crippen molar-refractivity contribution in [2.24, 2.45) is 0 Å². The average molecular weight is 415 g/mol. The van der Waals surface area contributed by atoms with Crippen molar-refractivity contribution in [3.8, 4) is 0 Å². The molecule has 2 unspecified atom stereocenters. The van der Waals surface area contributed by atoms with Crippen LogP contribution in [0.25, 0.3) is 10.9 Å². The first-order chi connectivity index (χ1) is 15.2. The second kappa shape index (κ2) is 8.67. The highest BCUT2D eigenvalue weighted by molar-refractivity contribution is 6.02. The average Bonchev–Trinajstić information content (AvgIpc) is 3.51. The van der Waals surface area contributed by atoms with E-state index in [1.165, 1.54) is 5.56 Å². The SMILES string of the molecule is CC(c1ccccc1)N1CCC(NC(=O)c2cc3ccccc3nc2N2CCCC2)C1. The van der Waals surface area contributed by atoms with Crippen LogP contribution in [0.5, 0.6) is 0 Å². The Bertz CT molecular complexity index is 1060. The summed E-state index contributed by atoms with van der Waals surface area (Å²) in [6, 6.07) is 21.2. The first-order valence-electron chi connectivity index (χ1n) is 11.4. The van der Waals surface area contributed by atoms with Gasteiger partial charge in [0.15, 0.2) is 0 Å². The number of pyridine rings is 1. The van der Waals surface area contributed by atoms with Crippen molar-refractivity contribution < 1.29 is 4.79 Å². The second-order valence-electron chi connectivity index (χ2n) is 8.79. The number of fused-ring (bicyclic) bond motifs is 1. The largest absolute Gasteiger partial charge is 0.356 e. The van der Waals surface area contributed by atoms with Crippen LogP contribution in [0.3, 0.4) is 0 Å². The van der Waals surface area contributed by atoms with Crippen LogP contribution in [0.15, 0.2) is 60.7 Å². The molecule has 5 rings (SSSR count). The molecule has 2 fully saturated rings. The molecule has 5 nitrogen and oxygen atoms in total. The van der Waals surface area contributed by atoms with Gasteiger partial charge in [0.05, 0.1) is 11.1 Å². The van der Waals surface area contributed by atoms with Gasteiger partial charge in [-0.3, -0.25) is 9.69 Å². The van der Waals surface area contributed by atoms with Gasteiger partial charge in [0, 0.05) is 43.6 Å². The van der Waals surface area contributed by atoms with Crippen LogP contribution in [0.4, 0.5) is 5.82 Å². The zero-order chi connectivity index (χ0) is 21.2. The number of hydrogen-bond acceptors (Lipinski definition) is 4. The molecule has 31 heavy (non-hydrogen) atoms. The Morgan fingerprint density at radius 2 is 1.77 bits per heavy atom. The van der Waals surface area contributed by atoms with Gasteiger partial charge in [-0.05, 0) is 43.9 Å². The van der Waals surface area contributed by atoms with Crippen LogP contribution in [-0.4, -0.2) is 48.0 Å². The van der Waals surface area contributed by atoms with Gasteiger partial charge in [-0.1, -0.05) is 48.5 Å². The van der Waals surface area contributed by atoms with E-state index in [1.54, 1.807) is 0 Å². The van der Waals surface area contributed by atoms with Crippen molar-refractivity contribution >= 4 is 22.6 Å². The minimum absolute atomic E-state index is 0.000586. The number of likely N-dealkylation sites (tertiary alicyclic amines) is 1. The summed E-state index contributed by atoms with van der Waals surface area (Å²) in [5, 5.41) is 4.33. The molecule has 2 aliphatic heterocycles. The highest BCUT2D eigenvalue weighted by Crippen LogP contribution is 2.28. The summed E-state index contributed by atoms with van der Waals surface area (Å²) < 4.78 is 0. The Labute approximate surface area is 184 Å². The maximum Gasteiger partial charge on any atom is 0.255 e. The zero-order valence-electron chi connectivity index (χ0n) is 18.1. The summed E-state index contributed by atoms with van der Waals surface area (Å²) in [7, 11) is 0. The molecular weight excluding hydrogens is 384 g/mol. The van der Waals surface area contributed by atoms with Gasteiger partial charge < -0.3 is 10.2 Å². The number of anilines is 1. The lowest BCUT2D eigenvalue weighted by molar-refractivity contribution is 0.0937. The van der Waals surface area contributed by atoms with E-state index in [9.17, 15) is 4.79 Å². The number of nitrogens with zero attached hydrogens (tertiary/aromatic N) is 3. The van der Waals surface area contributed by atoms with Gasteiger partial charge >= 0.3 is 0 Å². The molecule has 0 bridgehead atoms. The van der Waals surface area contributed by atoms with Crippen LogP contribution >= 0.6 is 0 Å². The summed E-state index contributed by atoms with van der Waals surface area (Å²) in [6.45, 7) is 6.06. The van der Waals surface area contributed by atoms with E-state index >= 15 is 0 Å². The van der Waals surface area contributed by atoms with Crippen molar-refractivity contribution in [2.75, 3.05) is 31.1 Å². The number of rotatable bonds is 5. The molecule has 0 saturated carbocycles.